The highest BCUT2D eigenvalue weighted by Gasteiger charge is 2.28. The van der Waals surface area contributed by atoms with Crippen molar-refractivity contribution in [2.45, 2.75) is 19.9 Å². The number of aromatic nitrogens is 1. The maximum absolute atomic E-state index is 12.9. The van der Waals surface area contributed by atoms with Gasteiger partial charge in [-0.15, -0.1) is 22.7 Å². The summed E-state index contributed by atoms with van der Waals surface area (Å²) in [6.07, 6.45) is 0.762. The van der Waals surface area contributed by atoms with E-state index in [2.05, 4.69) is 11.4 Å². The van der Waals surface area contributed by atoms with Crippen LogP contribution in [0.3, 0.4) is 0 Å². The van der Waals surface area contributed by atoms with Crippen LogP contribution in [0, 0.1) is 0 Å². The van der Waals surface area contributed by atoms with Crippen LogP contribution in [-0.2, 0) is 17.8 Å². The molecule has 1 aliphatic rings. The van der Waals surface area contributed by atoms with Crippen molar-refractivity contribution in [3.63, 3.8) is 0 Å². The summed E-state index contributed by atoms with van der Waals surface area (Å²) in [6.45, 7) is 2.86. The van der Waals surface area contributed by atoms with E-state index in [9.17, 15) is 9.59 Å². The molecule has 7 heteroatoms. The van der Waals surface area contributed by atoms with Gasteiger partial charge in [-0.05, 0) is 36.2 Å². The van der Waals surface area contributed by atoms with Crippen LogP contribution in [0.2, 0.25) is 0 Å². The molecule has 5 nitrogen and oxygen atoms in total. The van der Waals surface area contributed by atoms with Crippen molar-refractivity contribution in [3.8, 4) is 10.6 Å². The van der Waals surface area contributed by atoms with Crippen molar-refractivity contribution in [1.29, 1.82) is 0 Å². The summed E-state index contributed by atoms with van der Waals surface area (Å²) in [5.41, 5.74) is 3.77. The van der Waals surface area contributed by atoms with Gasteiger partial charge in [-0.25, -0.2) is 4.98 Å². The molecule has 0 radical (unpaired) electrons. The number of nitrogens with zero attached hydrogens (tertiary/aromatic N) is 2. The van der Waals surface area contributed by atoms with E-state index in [1.54, 1.807) is 41.7 Å². The number of nitrogens with one attached hydrogen (secondary N) is 1. The quantitative estimate of drug-likeness (QED) is 0.484. The first kappa shape index (κ1) is 19.0. The van der Waals surface area contributed by atoms with Crippen LogP contribution in [0.25, 0.3) is 20.8 Å². The molecular formula is C23H19N3O2S2. The Hall–Kier alpha value is -3.03. The maximum atomic E-state index is 12.9. The molecule has 0 saturated heterocycles. The molecule has 0 unspecified atom stereocenters. The van der Waals surface area contributed by atoms with E-state index < -0.39 is 0 Å². The average molecular weight is 434 g/mol. The number of carbonyl (C=O) groups is 2. The minimum atomic E-state index is -0.139. The first-order chi connectivity index (χ1) is 14.6. The Morgan fingerprint density at radius 1 is 1.03 bits per heavy atom. The van der Waals surface area contributed by atoms with Gasteiger partial charge in [0.15, 0.2) is 0 Å². The first-order valence-electron chi connectivity index (χ1n) is 9.72. The number of carbonyl (C=O) groups excluding carboxylic acids is 2. The van der Waals surface area contributed by atoms with Crippen LogP contribution in [-0.4, -0.2) is 28.2 Å². The summed E-state index contributed by atoms with van der Waals surface area (Å²) in [7, 11) is 0. The Kier molecular flexibility index (Phi) is 4.84. The van der Waals surface area contributed by atoms with Crippen LogP contribution >= 0.6 is 22.7 Å². The fourth-order valence-electron chi connectivity index (χ4n) is 3.73. The van der Waals surface area contributed by atoms with Gasteiger partial charge in [0.1, 0.15) is 10.0 Å². The lowest BCUT2D eigenvalue weighted by molar-refractivity contribution is -0.129. The summed E-state index contributed by atoms with van der Waals surface area (Å²) < 4.78 is 1.12. The summed E-state index contributed by atoms with van der Waals surface area (Å²) in [5, 5.41) is 4.83. The third-order valence-electron chi connectivity index (χ3n) is 5.27. The van der Waals surface area contributed by atoms with Gasteiger partial charge in [0, 0.05) is 29.5 Å². The van der Waals surface area contributed by atoms with Crippen LogP contribution in [0.5, 0.6) is 0 Å². The van der Waals surface area contributed by atoms with E-state index in [4.69, 9.17) is 4.98 Å². The fraction of sp³-hybridized carbons (Fsp3) is 0.174. The molecule has 0 spiro atoms. The van der Waals surface area contributed by atoms with E-state index in [-0.39, 0.29) is 11.8 Å². The number of benzene rings is 2. The van der Waals surface area contributed by atoms with Gasteiger partial charge in [0.2, 0.25) is 5.91 Å². The molecule has 5 rings (SSSR count). The highest BCUT2D eigenvalue weighted by Crippen LogP contribution is 2.45. The summed E-state index contributed by atoms with van der Waals surface area (Å²) in [6, 6.07) is 17.3. The summed E-state index contributed by atoms with van der Waals surface area (Å²) in [4.78, 5) is 32.6. The fourth-order valence-corrected chi connectivity index (χ4v) is 6.10. The molecule has 1 aliphatic heterocycles. The predicted octanol–water partition coefficient (Wildman–Crippen LogP) is 5.18. The molecule has 30 heavy (non-hydrogen) atoms. The molecule has 0 saturated carbocycles. The lowest BCUT2D eigenvalue weighted by Crippen LogP contribution is -2.33. The van der Waals surface area contributed by atoms with Gasteiger partial charge < -0.3 is 10.2 Å². The Morgan fingerprint density at radius 2 is 1.80 bits per heavy atom. The molecule has 0 aliphatic carbocycles. The van der Waals surface area contributed by atoms with Crippen molar-refractivity contribution in [2.24, 2.45) is 0 Å². The normalized spacial score (nSPS) is 13.3. The third-order valence-corrected chi connectivity index (χ3v) is 7.46. The molecule has 4 aromatic rings. The standard InChI is InChI=1S/C23H19N3O2S2/c1-14(27)26-12-11-16-19(13-26)30-23(25-21(28)15-7-3-2-4-8-15)20(16)22-24-17-9-5-6-10-18(17)29-22/h2-10H,11-13H2,1H3,(H,25,28). The van der Waals surface area contributed by atoms with Gasteiger partial charge in [-0.1, -0.05) is 30.3 Å². The zero-order valence-electron chi connectivity index (χ0n) is 16.3. The second-order valence-corrected chi connectivity index (χ2v) is 9.34. The SMILES string of the molecule is CC(=O)N1CCc2c(sc(NC(=O)c3ccccc3)c2-c2nc3ccccc3s2)C1. The Balaban J connectivity index is 1.60. The van der Waals surface area contributed by atoms with E-state index in [0.717, 1.165) is 37.1 Å². The Bertz CT molecular complexity index is 1230. The van der Waals surface area contributed by atoms with Crippen molar-refractivity contribution in [2.75, 3.05) is 11.9 Å². The number of rotatable bonds is 3. The zero-order valence-corrected chi connectivity index (χ0v) is 18.0. The van der Waals surface area contributed by atoms with Gasteiger partial charge in [-0.3, -0.25) is 9.59 Å². The first-order valence-corrected chi connectivity index (χ1v) is 11.4. The van der Waals surface area contributed by atoms with Crippen LogP contribution in [0.1, 0.15) is 27.7 Å². The van der Waals surface area contributed by atoms with Crippen LogP contribution < -0.4 is 5.32 Å². The molecule has 2 amide bonds. The zero-order chi connectivity index (χ0) is 20.7. The van der Waals surface area contributed by atoms with Gasteiger partial charge in [-0.2, -0.15) is 0 Å². The number of para-hydroxylation sites is 1. The molecule has 0 fully saturated rings. The number of fused-ring (bicyclic) bond motifs is 2. The topological polar surface area (TPSA) is 62.3 Å². The molecule has 2 aromatic heterocycles. The number of amides is 2. The number of anilines is 1. The van der Waals surface area contributed by atoms with Crippen molar-refractivity contribution in [3.05, 3.63) is 70.6 Å². The molecular weight excluding hydrogens is 414 g/mol. The molecule has 3 heterocycles. The minimum absolute atomic E-state index is 0.0745. The monoisotopic (exact) mass is 433 g/mol. The Labute approximate surface area is 182 Å². The smallest absolute Gasteiger partial charge is 0.256 e. The molecule has 0 atom stereocenters. The molecule has 0 bridgehead atoms. The third kappa shape index (κ3) is 3.40. The van der Waals surface area contributed by atoms with Crippen molar-refractivity contribution >= 4 is 49.7 Å². The molecule has 2 aromatic carbocycles. The van der Waals surface area contributed by atoms with Crippen molar-refractivity contribution < 1.29 is 9.59 Å². The number of thiazole rings is 1. The number of hydrogen-bond acceptors (Lipinski definition) is 5. The van der Waals surface area contributed by atoms with E-state index in [0.29, 0.717) is 18.7 Å². The highest BCUT2D eigenvalue weighted by atomic mass is 32.1. The molecule has 150 valence electrons. The largest absolute Gasteiger partial charge is 0.337 e. The summed E-state index contributed by atoms with van der Waals surface area (Å²) >= 11 is 3.19. The van der Waals surface area contributed by atoms with Crippen LogP contribution in [0.15, 0.2) is 54.6 Å². The van der Waals surface area contributed by atoms with Gasteiger partial charge in [0.25, 0.3) is 5.91 Å². The minimum Gasteiger partial charge on any atom is -0.337 e. The second kappa shape index (κ2) is 7.66. The summed E-state index contributed by atoms with van der Waals surface area (Å²) in [5.74, 6) is -0.0644. The van der Waals surface area contributed by atoms with E-state index in [1.165, 1.54) is 5.56 Å². The van der Waals surface area contributed by atoms with Gasteiger partial charge >= 0.3 is 0 Å². The molecule has 1 N–H and O–H groups in total. The van der Waals surface area contributed by atoms with E-state index in [1.807, 2.05) is 41.3 Å². The van der Waals surface area contributed by atoms with Crippen LogP contribution in [0.4, 0.5) is 5.00 Å². The second-order valence-electron chi connectivity index (χ2n) is 7.21. The highest BCUT2D eigenvalue weighted by molar-refractivity contribution is 7.23. The van der Waals surface area contributed by atoms with E-state index >= 15 is 0 Å². The van der Waals surface area contributed by atoms with Crippen molar-refractivity contribution in [1.82, 2.24) is 9.88 Å². The maximum Gasteiger partial charge on any atom is 0.256 e. The number of hydrogen-bond donors (Lipinski definition) is 1. The number of thiophene rings is 1. The predicted molar refractivity (Wildman–Crippen MR) is 122 cm³/mol. The lowest BCUT2D eigenvalue weighted by atomic mass is 10.0. The van der Waals surface area contributed by atoms with Gasteiger partial charge in [0.05, 0.1) is 16.8 Å². The lowest BCUT2D eigenvalue weighted by Gasteiger charge is -2.26. The average Bonchev–Trinajstić information content (AvgIpc) is 3.34. The Morgan fingerprint density at radius 3 is 2.57 bits per heavy atom.